The summed E-state index contributed by atoms with van der Waals surface area (Å²) in [6, 6.07) is 12.0. The number of hydrogen-bond acceptors (Lipinski definition) is 3. The Morgan fingerprint density at radius 1 is 0.889 bits per heavy atom. The first-order valence-electron chi connectivity index (χ1n) is 9.61. The van der Waals surface area contributed by atoms with Crippen LogP contribution in [-0.2, 0) is 22.7 Å². The molecule has 1 aromatic carbocycles. The molecule has 0 spiro atoms. The first kappa shape index (κ1) is 19.1. The highest BCUT2D eigenvalue weighted by Crippen LogP contribution is 2.29. The van der Waals surface area contributed by atoms with Crippen molar-refractivity contribution in [2.45, 2.75) is 45.7 Å². The van der Waals surface area contributed by atoms with Crippen molar-refractivity contribution in [3.8, 4) is 0 Å². The molecule has 5 heteroatoms. The van der Waals surface area contributed by atoms with Gasteiger partial charge < -0.3 is 10.6 Å². The fraction of sp³-hybridized carbons (Fsp3) is 0.409. The lowest BCUT2D eigenvalue weighted by Gasteiger charge is -2.27. The topological polar surface area (TPSA) is 71.1 Å². The van der Waals surface area contributed by atoms with Gasteiger partial charge in [0.15, 0.2) is 0 Å². The van der Waals surface area contributed by atoms with Crippen LogP contribution in [0, 0.1) is 18.8 Å². The van der Waals surface area contributed by atoms with E-state index in [0.717, 1.165) is 36.8 Å². The molecule has 0 radical (unpaired) electrons. The van der Waals surface area contributed by atoms with E-state index in [0.29, 0.717) is 13.1 Å². The van der Waals surface area contributed by atoms with E-state index in [-0.39, 0.29) is 23.7 Å². The molecule has 0 aliphatic heterocycles. The molecule has 1 aromatic heterocycles. The molecule has 5 nitrogen and oxygen atoms in total. The molecular formula is C22H27N3O2. The van der Waals surface area contributed by atoms with Gasteiger partial charge in [-0.1, -0.05) is 35.9 Å². The van der Waals surface area contributed by atoms with Gasteiger partial charge in [0.2, 0.25) is 11.8 Å². The summed E-state index contributed by atoms with van der Waals surface area (Å²) in [4.78, 5) is 28.8. The Hall–Kier alpha value is -2.69. The minimum Gasteiger partial charge on any atom is -0.352 e. The second kappa shape index (κ2) is 9.31. The minimum atomic E-state index is 0.00261. The summed E-state index contributed by atoms with van der Waals surface area (Å²) >= 11 is 0. The largest absolute Gasteiger partial charge is 0.352 e. The van der Waals surface area contributed by atoms with E-state index in [1.165, 1.54) is 5.56 Å². The molecule has 2 N–H and O–H groups in total. The molecule has 0 saturated heterocycles. The van der Waals surface area contributed by atoms with Crippen LogP contribution in [0.4, 0.5) is 0 Å². The van der Waals surface area contributed by atoms with E-state index in [1.54, 1.807) is 12.4 Å². The number of pyridine rings is 1. The van der Waals surface area contributed by atoms with Gasteiger partial charge in [-0.25, -0.2) is 0 Å². The lowest BCUT2D eigenvalue weighted by Crippen LogP contribution is -2.37. The number of aryl methyl sites for hydroxylation is 1. The van der Waals surface area contributed by atoms with E-state index in [9.17, 15) is 9.59 Å². The molecule has 1 aliphatic carbocycles. The van der Waals surface area contributed by atoms with Crippen molar-refractivity contribution in [2.75, 3.05) is 0 Å². The Morgan fingerprint density at radius 2 is 1.44 bits per heavy atom. The van der Waals surface area contributed by atoms with Crippen molar-refractivity contribution in [3.63, 3.8) is 0 Å². The molecule has 2 amide bonds. The lowest BCUT2D eigenvalue weighted by atomic mass is 9.81. The van der Waals surface area contributed by atoms with Gasteiger partial charge in [-0.3, -0.25) is 14.6 Å². The van der Waals surface area contributed by atoms with Crippen molar-refractivity contribution in [3.05, 3.63) is 65.5 Å². The minimum absolute atomic E-state index is 0.00261. The number of aromatic nitrogens is 1. The standard InChI is InChI=1S/C22H27N3O2/c1-16-4-6-17(7-5-16)14-24-21(26)19-8-10-20(11-9-19)22(27)25-15-18-3-2-12-23-13-18/h2-7,12-13,19-20H,8-11,14-15H2,1H3,(H,24,26)(H,25,27). The average Bonchev–Trinajstić information content (AvgIpc) is 2.72. The number of benzene rings is 1. The number of hydrogen-bond donors (Lipinski definition) is 2. The van der Waals surface area contributed by atoms with Gasteiger partial charge >= 0.3 is 0 Å². The van der Waals surface area contributed by atoms with E-state index in [2.05, 4.69) is 27.8 Å². The van der Waals surface area contributed by atoms with Crippen molar-refractivity contribution < 1.29 is 9.59 Å². The average molecular weight is 365 g/mol. The molecule has 0 unspecified atom stereocenters. The summed E-state index contributed by atoms with van der Waals surface area (Å²) in [6.45, 7) is 3.11. The number of rotatable bonds is 6. The highest BCUT2D eigenvalue weighted by Gasteiger charge is 2.29. The normalized spacial score (nSPS) is 19.3. The number of carbonyl (C=O) groups excluding carboxylic acids is 2. The van der Waals surface area contributed by atoms with Crippen molar-refractivity contribution in [2.24, 2.45) is 11.8 Å². The first-order chi connectivity index (χ1) is 13.1. The monoisotopic (exact) mass is 365 g/mol. The zero-order chi connectivity index (χ0) is 19.1. The van der Waals surface area contributed by atoms with Crippen molar-refractivity contribution in [1.29, 1.82) is 0 Å². The van der Waals surface area contributed by atoms with Gasteiger partial charge in [0.05, 0.1) is 0 Å². The van der Waals surface area contributed by atoms with Gasteiger partial charge in [-0.2, -0.15) is 0 Å². The second-order valence-electron chi connectivity index (χ2n) is 7.33. The van der Waals surface area contributed by atoms with Crippen LogP contribution >= 0.6 is 0 Å². The Labute approximate surface area is 160 Å². The maximum Gasteiger partial charge on any atom is 0.223 e. The van der Waals surface area contributed by atoms with Gasteiger partial charge in [-0.15, -0.1) is 0 Å². The van der Waals surface area contributed by atoms with Crippen LogP contribution in [0.25, 0.3) is 0 Å². The Bertz CT molecular complexity index is 751. The fourth-order valence-electron chi connectivity index (χ4n) is 3.49. The molecule has 1 fully saturated rings. The molecular weight excluding hydrogens is 338 g/mol. The van der Waals surface area contributed by atoms with E-state index >= 15 is 0 Å². The molecule has 27 heavy (non-hydrogen) atoms. The Balaban J connectivity index is 1.39. The van der Waals surface area contributed by atoms with Gasteiger partial charge in [-0.05, 0) is 49.8 Å². The molecule has 2 aromatic rings. The number of carbonyl (C=O) groups is 2. The van der Waals surface area contributed by atoms with Crippen LogP contribution in [0.5, 0.6) is 0 Å². The maximum absolute atomic E-state index is 12.4. The maximum atomic E-state index is 12.4. The number of nitrogens with zero attached hydrogens (tertiary/aromatic N) is 1. The number of amides is 2. The summed E-state index contributed by atoms with van der Waals surface area (Å²) in [5.41, 5.74) is 3.32. The summed E-state index contributed by atoms with van der Waals surface area (Å²) in [5, 5.41) is 6.02. The first-order valence-corrected chi connectivity index (χ1v) is 9.61. The highest BCUT2D eigenvalue weighted by molar-refractivity contribution is 5.81. The SMILES string of the molecule is Cc1ccc(CNC(=O)C2CCC(C(=O)NCc3cccnc3)CC2)cc1. The van der Waals surface area contributed by atoms with Crippen molar-refractivity contribution >= 4 is 11.8 Å². The third kappa shape index (κ3) is 5.64. The summed E-state index contributed by atoms with van der Waals surface area (Å²) in [5.74, 6) is 0.197. The summed E-state index contributed by atoms with van der Waals surface area (Å²) in [7, 11) is 0. The van der Waals surface area contributed by atoms with Gasteiger partial charge in [0, 0.05) is 37.3 Å². The molecule has 1 saturated carbocycles. The van der Waals surface area contributed by atoms with Crippen LogP contribution in [0.2, 0.25) is 0 Å². The van der Waals surface area contributed by atoms with Crippen LogP contribution < -0.4 is 10.6 Å². The zero-order valence-corrected chi connectivity index (χ0v) is 15.8. The molecule has 1 aliphatic rings. The predicted molar refractivity (Wildman–Crippen MR) is 105 cm³/mol. The second-order valence-corrected chi connectivity index (χ2v) is 7.33. The highest BCUT2D eigenvalue weighted by atomic mass is 16.2. The fourth-order valence-corrected chi connectivity index (χ4v) is 3.49. The van der Waals surface area contributed by atoms with Gasteiger partial charge in [0.25, 0.3) is 0 Å². The summed E-state index contributed by atoms with van der Waals surface area (Å²) in [6.07, 6.45) is 6.55. The van der Waals surface area contributed by atoms with Crippen molar-refractivity contribution in [1.82, 2.24) is 15.6 Å². The van der Waals surface area contributed by atoms with E-state index in [4.69, 9.17) is 0 Å². The third-order valence-corrected chi connectivity index (χ3v) is 5.25. The smallest absolute Gasteiger partial charge is 0.223 e. The zero-order valence-electron chi connectivity index (χ0n) is 15.8. The van der Waals surface area contributed by atoms with Crippen LogP contribution in [0.1, 0.15) is 42.4 Å². The third-order valence-electron chi connectivity index (χ3n) is 5.25. The molecule has 3 rings (SSSR count). The van der Waals surface area contributed by atoms with Crippen LogP contribution in [0.3, 0.4) is 0 Å². The Kier molecular flexibility index (Phi) is 6.58. The van der Waals surface area contributed by atoms with Crippen LogP contribution in [0.15, 0.2) is 48.8 Å². The quantitative estimate of drug-likeness (QED) is 0.826. The molecule has 0 atom stereocenters. The van der Waals surface area contributed by atoms with Gasteiger partial charge in [0.1, 0.15) is 0 Å². The Morgan fingerprint density at radius 3 is 1.96 bits per heavy atom. The number of nitrogens with one attached hydrogen (secondary N) is 2. The van der Waals surface area contributed by atoms with E-state index < -0.39 is 0 Å². The molecule has 1 heterocycles. The summed E-state index contributed by atoms with van der Waals surface area (Å²) < 4.78 is 0. The van der Waals surface area contributed by atoms with Crippen LogP contribution in [-0.4, -0.2) is 16.8 Å². The van der Waals surface area contributed by atoms with E-state index in [1.807, 2.05) is 31.2 Å². The molecule has 0 bridgehead atoms. The predicted octanol–water partition coefficient (Wildman–Crippen LogP) is 3.13. The molecule has 142 valence electrons. The lowest BCUT2D eigenvalue weighted by molar-refractivity contribution is -0.130.